The molecule has 1 fully saturated rings. The Morgan fingerprint density at radius 3 is 2.54 bits per heavy atom. The van der Waals surface area contributed by atoms with Crippen LogP contribution in [0.2, 0.25) is 5.02 Å². The van der Waals surface area contributed by atoms with Gasteiger partial charge in [-0.1, -0.05) is 30.5 Å². The van der Waals surface area contributed by atoms with Crippen LogP contribution in [0.1, 0.15) is 45.7 Å². The van der Waals surface area contributed by atoms with Crippen LogP contribution in [-0.2, 0) is 9.53 Å². The summed E-state index contributed by atoms with van der Waals surface area (Å²) in [5.74, 6) is -1.22. The fraction of sp³-hybridized carbons (Fsp3) is 0.350. The number of hydrogen-bond acceptors (Lipinski definition) is 5. The van der Waals surface area contributed by atoms with Crippen LogP contribution in [-0.4, -0.2) is 42.4 Å². The van der Waals surface area contributed by atoms with Crippen molar-refractivity contribution in [2.24, 2.45) is 0 Å². The first-order valence-corrected chi connectivity index (χ1v) is 10.4. The van der Waals surface area contributed by atoms with Gasteiger partial charge in [-0.05, 0) is 42.5 Å². The molecule has 0 saturated carbocycles. The summed E-state index contributed by atoms with van der Waals surface area (Å²) in [6.07, 6.45) is 4.16. The minimum Gasteiger partial charge on any atom is -0.452 e. The monoisotopic (exact) mass is 420 g/mol. The van der Waals surface area contributed by atoms with Crippen LogP contribution in [0, 0.1) is 0 Å². The quantitative estimate of drug-likeness (QED) is 0.735. The van der Waals surface area contributed by atoms with Crippen LogP contribution in [0.15, 0.2) is 35.7 Å². The van der Waals surface area contributed by atoms with E-state index in [-0.39, 0.29) is 29.7 Å². The van der Waals surface area contributed by atoms with Crippen LogP contribution < -0.4 is 5.32 Å². The van der Waals surface area contributed by atoms with Crippen LogP contribution in [0.3, 0.4) is 0 Å². The van der Waals surface area contributed by atoms with Gasteiger partial charge in [0.15, 0.2) is 6.61 Å². The Balaban J connectivity index is 1.65. The SMILES string of the molecule is O=C(Nc1cc(Cl)ccc1C(=O)OCC(=O)N1CCCCCC1)c1cccs1. The number of rotatable bonds is 5. The highest BCUT2D eigenvalue weighted by Gasteiger charge is 2.20. The minimum absolute atomic E-state index is 0.151. The first-order valence-electron chi connectivity index (χ1n) is 9.14. The van der Waals surface area contributed by atoms with Gasteiger partial charge in [0.1, 0.15) is 0 Å². The van der Waals surface area contributed by atoms with Crippen molar-refractivity contribution in [1.29, 1.82) is 0 Å². The normalized spacial score (nSPS) is 14.2. The van der Waals surface area contributed by atoms with Gasteiger partial charge in [-0.2, -0.15) is 0 Å². The molecule has 1 aromatic carbocycles. The molecule has 1 N–H and O–H groups in total. The topological polar surface area (TPSA) is 75.7 Å². The van der Waals surface area contributed by atoms with Gasteiger partial charge in [0.2, 0.25) is 0 Å². The molecule has 1 saturated heterocycles. The van der Waals surface area contributed by atoms with E-state index in [0.717, 1.165) is 25.7 Å². The van der Waals surface area contributed by atoms with E-state index in [1.54, 1.807) is 22.4 Å². The van der Waals surface area contributed by atoms with Gasteiger partial charge in [-0.25, -0.2) is 4.79 Å². The molecule has 1 aromatic heterocycles. The third-order valence-electron chi connectivity index (χ3n) is 4.48. The van der Waals surface area contributed by atoms with Gasteiger partial charge in [-0.3, -0.25) is 9.59 Å². The summed E-state index contributed by atoms with van der Waals surface area (Å²) in [7, 11) is 0. The molecule has 2 aromatic rings. The second kappa shape index (κ2) is 9.71. The lowest BCUT2D eigenvalue weighted by atomic mass is 10.1. The van der Waals surface area contributed by atoms with Crippen molar-refractivity contribution >= 4 is 46.4 Å². The van der Waals surface area contributed by atoms with Gasteiger partial charge < -0.3 is 15.0 Å². The van der Waals surface area contributed by atoms with Crippen molar-refractivity contribution in [2.75, 3.05) is 25.0 Å². The smallest absolute Gasteiger partial charge is 0.340 e. The largest absolute Gasteiger partial charge is 0.452 e. The van der Waals surface area contributed by atoms with Crippen LogP contribution in [0.4, 0.5) is 5.69 Å². The maximum Gasteiger partial charge on any atom is 0.340 e. The van der Waals surface area contributed by atoms with Crippen LogP contribution in [0.5, 0.6) is 0 Å². The Bertz CT molecular complexity index is 846. The first kappa shape index (κ1) is 20.4. The number of halogens is 1. The summed E-state index contributed by atoms with van der Waals surface area (Å²) in [5, 5.41) is 4.85. The summed E-state index contributed by atoms with van der Waals surface area (Å²) in [6, 6.07) is 7.95. The lowest BCUT2D eigenvalue weighted by Crippen LogP contribution is -2.35. The second-order valence-corrected chi connectivity index (χ2v) is 7.88. The summed E-state index contributed by atoms with van der Waals surface area (Å²) in [5.41, 5.74) is 0.399. The number of carbonyl (C=O) groups is 3. The first-order chi connectivity index (χ1) is 13.5. The summed E-state index contributed by atoms with van der Waals surface area (Å²) in [6.45, 7) is 1.07. The zero-order valence-corrected chi connectivity index (χ0v) is 16.9. The van der Waals surface area contributed by atoms with Crippen molar-refractivity contribution < 1.29 is 19.1 Å². The molecule has 2 heterocycles. The van der Waals surface area contributed by atoms with E-state index < -0.39 is 5.97 Å². The number of hydrogen-bond donors (Lipinski definition) is 1. The van der Waals surface area contributed by atoms with E-state index in [9.17, 15) is 14.4 Å². The van der Waals surface area contributed by atoms with Gasteiger partial charge in [-0.15, -0.1) is 11.3 Å². The molecule has 1 aliphatic rings. The number of ether oxygens (including phenoxy) is 1. The molecule has 6 nitrogen and oxygen atoms in total. The molecule has 3 rings (SSSR count). The predicted molar refractivity (Wildman–Crippen MR) is 109 cm³/mol. The molecule has 28 heavy (non-hydrogen) atoms. The summed E-state index contributed by atoms with van der Waals surface area (Å²) >= 11 is 7.30. The predicted octanol–water partition coefficient (Wildman–Crippen LogP) is 4.21. The van der Waals surface area contributed by atoms with Gasteiger partial charge in [0, 0.05) is 18.1 Å². The van der Waals surface area contributed by atoms with Gasteiger partial charge in [0.05, 0.1) is 16.1 Å². The second-order valence-electron chi connectivity index (χ2n) is 6.49. The molecule has 8 heteroatoms. The van der Waals surface area contributed by atoms with Gasteiger partial charge in [0.25, 0.3) is 11.8 Å². The Morgan fingerprint density at radius 1 is 1.11 bits per heavy atom. The highest BCUT2D eigenvalue weighted by Crippen LogP contribution is 2.23. The van der Waals surface area contributed by atoms with E-state index in [1.807, 2.05) is 0 Å². The molecule has 0 unspecified atom stereocenters. The molecule has 1 aliphatic heterocycles. The maximum atomic E-state index is 12.5. The zero-order chi connectivity index (χ0) is 19.9. The Labute approximate surface area is 172 Å². The highest BCUT2D eigenvalue weighted by atomic mass is 35.5. The number of carbonyl (C=O) groups excluding carboxylic acids is 3. The minimum atomic E-state index is -0.679. The fourth-order valence-electron chi connectivity index (χ4n) is 3.01. The molecule has 2 amide bonds. The van der Waals surface area contributed by atoms with Crippen molar-refractivity contribution in [2.45, 2.75) is 25.7 Å². The average molecular weight is 421 g/mol. The van der Waals surface area contributed by atoms with Crippen molar-refractivity contribution in [3.8, 4) is 0 Å². The number of likely N-dealkylation sites (tertiary alicyclic amines) is 1. The number of esters is 1. The molecule has 0 radical (unpaired) electrons. The van der Waals surface area contributed by atoms with E-state index in [2.05, 4.69) is 5.32 Å². The van der Waals surface area contributed by atoms with Crippen molar-refractivity contribution in [3.05, 3.63) is 51.2 Å². The van der Waals surface area contributed by atoms with E-state index >= 15 is 0 Å². The molecular weight excluding hydrogens is 400 g/mol. The third kappa shape index (κ3) is 5.33. The lowest BCUT2D eigenvalue weighted by Gasteiger charge is -2.20. The molecule has 0 bridgehead atoms. The van der Waals surface area contributed by atoms with Crippen molar-refractivity contribution in [1.82, 2.24) is 4.90 Å². The number of anilines is 1. The van der Waals surface area contributed by atoms with E-state index in [0.29, 0.717) is 23.0 Å². The average Bonchev–Trinajstić information content (AvgIpc) is 3.09. The number of nitrogens with one attached hydrogen (secondary N) is 1. The Kier molecular flexibility index (Phi) is 7.06. The number of amides is 2. The number of thiophene rings is 1. The van der Waals surface area contributed by atoms with E-state index in [1.165, 1.54) is 29.5 Å². The molecule has 0 aliphatic carbocycles. The molecular formula is C20H21ClN2O4S. The van der Waals surface area contributed by atoms with Crippen LogP contribution in [0.25, 0.3) is 0 Å². The molecule has 148 valence electrons. The summed E-state index contributed by atoms with van der Waals surface area (Å²) < 4.78 is 5.21. The number of nitrogens with zero attached hydrogens (tertiary/aromatic N) is 1. The Hall–Kier alpha value is -2.38. The van der Waals surface area contributed by atoms with E-state index in [4.69, 9.17) is 16.3 Å². The zero-order valence-electron chi connectivity index (χ0n) is 15.3. The standard InChI is InChI=1S/C20H21ClN2O4S/c21-14-7-8-15(16(12-14)22-19(25)17-6-5-11-28-17)20(26)27-13-18(24)23-9-3-1-2-4-10-23/h5-8,11-12H,1-4,9-10,13H2,(H,22,25). The van der Waals surface area contributed by atoms with Crippen molar-refractivity contribution in [3.63, 3.8) is 0 Å². The summed E-state index contributed by atoms with van der Waals surface area (Å²) in [4.78, 5) is 39.4. The lowest BCUT2D eigenvalue weighted by molar-refractivity contribution is -0.134. The maximum absolute atomic E-state index is 12.5. The highest BCUT2D eigenvalue weighted by molar-refractivity contribution is 7.12. The van der Waals surface area contributed by atoms with Crippen LogP contribution >= 0.6 is 22.9 Å². The van der Waals surface area contributed by atoms with Gasteiger partial charge >= 0.3 is 5.97 Å². The third-order valence-corrected chi connectivity index (χ3v) is 5.58. The fourth-order valence-corrected chi connectivity index (χ4v) is 3.80. The Morgan fingerprint density at radius 2 is 1.86 bits per heavy atom. The number of benzene rings is 1. The molecule has 0 atom stereocenters. The molecule has 0 spiro atoms.